The molecule has 2 nitrogen and oxygen atoms in total. The number of rotatable bonds is 8. The van der Waals surface area contributed by atoms with E-state index in [0.717, 1.165) is 6.92 Å². The Bertz CT molecular complexity index is 374. The van der Waals surface area contributed by atoms with E-state index in [2.05, 4.69) is 11.3 Å². The number of halogens is 7. The molecule has 0 aromatic carbocycles. The summed E-state index contributed by atoms with van der Waals surface area (Å²) < 4.78 is 91.4. The fourth-order valence-corrected chi connectivity index (χ4v) is 1.27. The van der Waals surface area contributed by atoms with Crippen molar-refractivity contribution in [3.63, 3.8) is 0 Å². The summed E-state index contributed by atoms with van der Waals surface area (Å²) >= 11 is 0. The standard InChI is InChI=1S/C12H15F7O2/c1-8(2)9(20)21-12(18,19)10(13,14)6-4-3-5-7-11(15,16)17/h1,3-7H2,2H3. The van der Waals surface area contributed by atoms with Crippen molar-refractivity contribution in [3.05, 3.63) is 12.2 Å². The molecule has 0 fully saturated rings. The van der Waals surface area contributed by atoms with Gasteiger partial charge in [-0.15, -0.1) is 0 Å². The second-order valence-corrected chi connectivity index (χ2v) is 4.57. The summed E-state index contributed by atoms with van der Waals surface area (Å²) in [7, 11) is 0. The van der Waals surface area contributed by atoms with Gasteiger partial charge in [-0.05, 0) is 19.8 Å². The maximum absolute atomic E-state index is 13.2. The summed E-state index contributed by atoms with van der Waals surface area (Å²) in [5.74, 6) is -6.33. The van der Waals surface area contributed by atoms with Crippen LogP contribution in [0.2, 0.25) is 0 Å². The maximum Gasteiger partial charge on any atom is 0.466 e. The van der Waals surface area contributed by atoms with Crippen molar-refractivity contribution in [1.29, 1.82) is 0 Å². The van der Waals surface area contributed by atoms with Gasteiger partial charge in [-0.25, -0.2) is 4.79 Å². The van der Waals surface area contributed by atoms with E-state index in [0.29, 0.717) is 0 Å². The molecule has 0 bridgehead atoms. The van der Waals surface area contributed by atoms with E-state index in [9.17, 15) is 35.5 Å². The molecule has 0 unspecified atom stereocenters. The van der Waals surface area contributed by atoms with Crippen molar-refractivity contribution >= 4 is 5.97 Å². The molecule has 21 heavy (non-hydrogen) atoms. The highest BCUT2D eigenvalue weighted by atomic mass is 19.4. The molecule has 0 aliphatic heterocycles. The molecular weight excluding hydrogens is 309 g/mol. The van der Waals surface area contributed by atoms with E-state index in [4.69, 9.17) is 0 Å². The number of carbonyl (C=O) groups is 1. The SMILES string of the molecule is C=C(C)C(=O)OC(F)(F)C(F)(F)CCCCCC(F)(F)F. The van der Waals surface area contributed by atoms with E-state index in [1.807, 2.05) is 0 Å². The zero-order valence-corrected chi connectivity index (χ0v) is 11.2. The Labute approximate surface area is 116 Å². The maximum atomic E-state index is 13.2. The van der Waals surface area contributed by atoms with Crippen LogP contribution in [-0.2, 0) is 9.53 Å². The molecule has 0 aromatic heterocycles. The predicted octanol–water partition coefficient (Wildman–Crippen LogP) is 4.85. The number of alkyl halides is 7. The summed E-state index contributed by atoms with van der Waals surface area (Å²) in [5, 5.41) is 0. The lowest BCUT2D eigenvalue weighted by molar-refractivity contribution is -0.331. The fourth-order valence-electron chi connectivity index (χ4n) is 1.27. The van der Waals surface area contributed by atoms with Crippen LogP contribution in [0.5, 0.6) is 0 Å². The van der Waals surface area contributed by atoms with Gasteiger partial charge in [0, 0.05) is 18.4 Å². The highest BCUT2D eigenvalue weighted by Crippen LogP contribution is 2.39. The van der Waals surface area contributed by atoms with E-state index >= 15 is 0 Å². The van der Waals surface area contributed by atoms with Gasteiger partial charge in [-0.1, -0.05) is 13.0 Å². The van der Waals surface area contributed by atoms with Crippen LogP contribution in [-0.4, -0.2) is 24.2 Å². The minimum Gasteiger partial charge on any atom is -0.393 e. The zero-order valence-electron chi connectivity index (χ0n) is 11.2. The second kappa shape index (κ2) is 7.13. The summed E-state index contributed by atoms with van der Waals surface area (Å²) in [6.45, 7) is 3.98. The molecule has 0 aliphatic rings. The van der Waals surface area contributed by atoms with E-state index < -0.39 is 55.4 Å². The first kappa shape index (κ1) is 19.7. The Hall–Kier alpha value is -1.28. The zero-order chi connectivity index (χ0) is 16.9. The number of carbonyl (C=O) groups excluding carboxylic acids is 1. The van der Waals surface area contributed by atoms with Crippen LogP contribution in [0.15, 0.2) is 12.2 Å². The Kier molecular flexibility index (Phi) is 6.69. The molecule has 0 amide bonds. The molecule has 0 aromatic rings. The Balaban J connectivity index is 4.33. The highest BCUT2D eigenvalue weighted by Gasteiger charge is 2.59. The third kappa shape index (κ3) is 7.33. The normalized spacial score (nSPS) is 13.1. The van der Waals surface area contributed by atoms with Gasteiger partial charge in [-0.2, -0.15) is 30.7 Å². The Morgan fingerprint density at radius 3 is 1.86 bits per heavy atom. The Morgan fingerprint density at radius 1 is 0.952 bits per heavy atom. The third-order valence-electron chi connectivity index (χ3n) is 2.45. The molecule has 0 rings (SSSR count). The van der Waals surface area contributed by atoms with E-state index in [-0.39, 0.29) is 6.42 Å². The van der Waals surface area contributed by atoms with Gasteiger partial charge in [0.1, 0.15) is 0 Å². The number of hydrogen-bond donors (Lipinski definition) is 0. The summed E-state index contributed by atoms with van der Waals surface area (Å²) in [6, 6.07) is 0. The van der Waals surface area contributed by atoms with Crippen molar-refractivity contribution < 1.29 is 40.3 Å². The Morgan fingerprint density at radius 2 is 1.43 bits per heavy atom. The molecule has 0 spiro atoms. The van der Waals surface area contributed by atoms with Crippen LogP contribution in [0.4, 0.5) is 30.7 Å². The number of esters is 1. The van der Waals surface area contributed by atoms with Gasteiger partial charge in [0.2, 0.25) is 0 Å². The molecule has 0 saturated carbocycles. The van der Waals surface area contributed by atoms with Crippen LogP contribution in [0, 0.1) is 0 Å². The molecule has 9 heteroatoms. The van der Waals surface area contributed by atoms with Crippen LogP contribution in [0.3, 0.4) is 0 Å². The smallest absolute Gasteiger partial charge is 0.393 e. The molecule has 0 radical (unpaired) electrons. The van der Waals surface area contributed by atoms with Gasteiger partial charge < -0.3 is 4.74 Å². The van der Waals surface area contributed by atoms with Crippen LogP contribution in [0.25, 0.3) is 0 Å². The van der Waals surface area contributed by atoms with Gasteiger partial charge >= 0.3 is 24.2 Å². The van der Waals surface area contributed by atoms with Gasteiger partial charge in [0.15, 0.2) is 0 Å². The minimum atomic E-state index is -5.03. The van der Waals surface area contributed by atoms with Crippen molar-refractivity contribution in [2.45, 2.75) is 57.2 Å². The molecule has 124 valence electrons. The quantitative estimate of drug-likeness (QED) is 0.276. The molecule has 0 heterocycles. The van der Waals surface area contributed by atoms with E-state index in [1.165, 1.54) is 0 Å². The van der Waals surface area contributed by atoms with Gasteiger partial charge in [-0.3, -0.25) is 0 Å². The van der Waals surface area contributed by atoms with Crippen LogP contribution in [0.1, 0.15) is 39.0 Å². The summed E-state index contributed by atoms with van der Waals surface area (Å²) in [6.07, 6.45) is -13.3. The molecule has 0 saturated heterocycles. The topological polar surface area (TPSA) is 26.3 Å². The molecular formula is C12H15F7O2. The highest BCUT2D eigenvalue weighted by molar-refractivity contribution is 5.87. The summed E-state index contributed by atoms with van der Waals surface area (Å²) in [4.78, 5) is 10.8. The van der Waals surface area contributed by atoms with Crippen LogP contribution < -0.4 is 0 Å². The summed E-state index contributed by atoms with van der Waals surface area (Å²) in [5.41, 5.74) is -0.476. The van der Waals surface area contributed by atoms with Gasteiger partial charge in [0.05, 0.1) is 0 Å². The average molecular weight is 324 g/mol. The van der Waals surface area contributed by atoms with Crippen molar-refractivity contribution in [2.75, 3.05) is 0 Å². The number of unbranched alkanes of at least 4 members (excludes halogenated alkanes) is 2. The number of hydrogen-bond acceptors (Lipinski definition) is 2. The minimum absolute atomic E-state index is 0.292. The second-order valence-electron chi connectivity index (χ2n) is 4.57. The first-order valence-corrected chi connectivity index (χ1v) is 6.00. The lowest BCUT2D eigenvalue weighted by atomic mass is 10.1. The number of ether oxygens (including phenoxy) is 1. The largest absolute Gasteiger partial charge is 0.466 e. The van der Waals surface area contributed by atoms with Crippen molar-refractivity contribution in [2.24, 2.45) is 0 Å². The van der Waals surface area contributed by atoms with Crippen molar-refractivity contribution in [3.8, 4) is 0 Å². The predicted molar refractivity (Wildman–Crippen MR) is 59.9 cm³/mol. The van der Waals surface area contributed by atoms with Crippen molar-refractivity contribution in [1.82, 2.24) is 0 Å². The molecule has 0 atom stereocenters. The van der Waals surface area contributed by atoms with Gasteiger partial charge in [0.25, 0.3) is 0 Å². The van der Waals surface area contributed by atoms with E-state index in [1.54, 1.807) is 0 Å². The van der Waals surface area contributed by atoms with Crippen LogP contribution >= 0.6 is 0 Å². The average Bonchev–Trinajstić information content (AvgIpc) is 2.25. The monoisotopic (exact) mass is 324 g/mol. The lowest BCUT2D eigenvalue weighted by Gasteiger charge is -2.25. The fraction of sp³-hybridized carbons (Fsp3) is 0.750. The lowest BCUT2D eigenvalue weighted by Crippen LogP contribution is -2.44. The molecule has 0 N–H and O–H groups in total. The third-order valence-corrected chi connectivity index (χ3v) is 2.45. The first-order chi connectivity index (χ1) is 9.28. The first-order valence-electron chi connectivity index (χ1n) is 6.00. The molecule has 0 aliphatic carbocycles.